The summed E-state index contributed by atoms with van der Waals surface area (Å²) in [7, 11) is 0. The summed E-state index contributed by atoms with van der Waals surface area (Å²) in [6, 6.07) is 5.93. The molecule has 0 bridgehead atoms. The lowest BCUT2D eigenvalue weighted by Gasteiger charge is -2.02. The summed E-state index contributed by atoms with van der Waals surface area (Å²) < 4.78 is 2.07. The second-order valence-electron chi connectivity index (χ2n) is 4.04. The van der Waals surface area contributed by atoms with E-state index in [0.717, 1.165) is 28.2 Å². The van der Waals surface area contributed by atoms with Gasteiger partial charge in [-0.3, -0.25) is 0 Å². The number of Topliss-reactive ketones (excluding diaryl/α,β-unsaturated/α-hetero) is 1. The molecule has 0 spiro atoms. The van der Waals surface area contributed by atoms with E-state index in [9.17, 15) is 4.79 Å². The largest absolute Gasteiger partial charge is 0.319 e. The van der Waals surface area contributed by atoms with Crippen LogP contribution in [0.5, 0.6) is 0 Å². The highest BCUT2D eigenvalue weighted by molar-refractivity contribution is 6.34. The molecule has 2 heterocycles. The highest BCUT2D eigenvalue weighted by Crippen LogP contribution is 2.28. The fraction of sp³-hybridized carbons (Fsp3) is 0.308. The number of hydrogen-bond donors (Lipinski definition) is 0. The van der Waals surface area contributed by atoms with Crippen molar-refractivity contribution in [3.8, 4) is 0 Å². The van der Waals surface area contributed by atoms with Gasteiger partial charge in [0.05, 0.1) is 10.5 Å². The normalized spacial score (nSPS) is 10.9. The predicted molar refractivity (Wildman–Crippen MR) is 66.1 cm³/mol. The minimum atomic E-state index is 0.210. The molecule has 2 aromatic rings. The fourth-order valence-corrected chi connectivity index (χ4v) is 2.22. The Morgan fingerprint density at radius 1 is 1.44 bits per heavy atom. The average Bonchev–Trinajstić information content (AvgIpc) is 2.50. The number of carbonyl (C=O) groups excluding carboxylic acids is 1. The van der Waals surface area contributed by atoms with E-state index in [4.69, 9.17) is 11.6 Å². The molecule has 0 saturated heterocycles. The van der Waals surface area contributed by atoms with Crippen LogP contribution in [0.15, 0.2) is 24.4 Å². The van der Waals surface area contributed by atoms with Crippen molar-refractivity contribution in [2.24, 2.45) is 0 Å². The zero-order valence-electron chi connectivity index (χ0n) is 9.46. The first kappa shape index (κ1) is 11.2. The van der Waals surface area contributed by atoms with Crippen LogP contribution in [0.3, 0.4) is 0 Å². The highest BCUT2D eigenvalue weighted by Gasteiger charge is 2.12. The van der Waals surface area contributed by atoms with Gasteiger partial charge in [0.25, 0.3) is 0 Å². The van der Waals surface area contributed by atoms with Crippen LogP contribution in [-0.2, 0) is 11.2 Å². The molecule has 2 nitrogen and oxygen atoms in total. The van der Waals surface area contributed by atoms with Crippen LogP contribution in [-0.4, -0.2) is 10.2 Å². The van der Waals surface area contributed by atoms with Gasteiger partial charge in [0.15, 0.2) is 0 Å². The lowest BCUT2D eigenvalue weighted by Crippen LogP contribution is -1.99. The maximum atomic E-state index is 11.0. The first-order valence-electron chi connectivity index (χ1n) is 5.34. The first-order chi connectivity index (χ1) is 7.61. The minimum absolute atomic E-state index is 0.210. The zero-order chi connectivity index (χ0) is 11.7. The third-order valence-corrected chi connectivity index (χ3v) is 3.33. The van der Waals surface area contributed by atoms with Crippen molar-refractivity contribution in [1.29, 1.82) is 0 Å². The van der Waals surface area contributed by atoms with E-state index in [1.165, 1.54) is 0 Å². The summed E-state index contributed by atoms with van der Waals surface area (Å²) in [5.41, 5.74) is 3.23. The van der Waals surface area contributed by atoms with Gasteiger partial charge in [0.2, 0.25) is 0 Å². The molecule has 16 heavy (non-hydrogen) atoms. The Labute approximate surface area is 99.8 Å². The number of rotatable bonds is 3. The standard InChI is InChI=1S/C13H14ClNO/c1-9(16)6-7-11-10(2)13(14)12-5-3-4-8-15(11)12/h3-5,8H,6-7H2,1-2H3. The molecule has 0 aromatic carbocycles. The number of aromatic nitrogens is 1. The first-order valence-corrected chi connectivity index (χ1v) is 5.72. The molecule has 3 heteroatoms. The smallest absolute Gasteiger partial charge is 0.130 e. The topological polar surface area (TPSA) is 21.5 Å². The molecule has 0 amide bonds. The second kappa shape index (κ2) is 4.30. The molecule has 0 aliphatic carbocycles. The number of carbonyl (C=O) groups is 1. The molecule has 0 unspecified atom stereocenters. The van der Waals surface area contributed by atoms with E-state index < -0.39 is 0 Å². The SMILES string of the molecule is CC(=O)CCc1c(C)c(Cl)c2ccccn12. The van der Waals surface area contributed by atoms with Crippen molar-refractivity contribution < 1.29 is 4.79 Å². The number of nitrogens with zero attached hydrogens (tertiary/aromatic N) is 1. The van der Waals surface area contributed by atoms with Crippen LogP contribution < -0.4 is 0 Å². The number of pyridine rings is 1. The molecule has 0 aliphatic rings. The minimum Gasteiger partial charge on any atom is -0.319 e. The van der Waals surface area contributed by atoms with E-state index in [0.29, 0.717) is 6.42 Å². The van der Waals surface area contributed by atoms with Gasteiger partial charge in [-0.05, 0) is 38.0 Å². The van der Waals surface area contributed by atoms with E-state index in [2.05, 4.69) is 4.40 Å². The zero-order valence-corrected chi connectivity index (χ0v) is 10.2. The molecule has 0 atom stereocenters. The Bertz CT molecular complexity index is 542. The number of hydrogen-bond acceptors (Lipinski definition) is 1. The lowest BCUT2D eigenvalue weighted by atomic mass is 10.1. The number of ketones is 1. The van der Waals surface area contributed by atoms with Crippen LogP contribution in [0.25, 0.3) is 5.52 Å². The molecule has 0 fully saturated rings. The lowest BCUT2D eigenvalue weighted by molar-refractivity contribution is -0.116. The Balaban J connectivity index is 2.51. The monoisotopic (exact) mass is 235 g/mol. The molecule has 0 radical (unpaired) electrons. The van der Waals surface area contributed by atoms with Gasteiger partial charge in [-0.1, -0.05) is 17.7 Å². The summed E-state index contributed by atoms with van der Waals surface area (Å²) >= 11 is 6.26. The molecule has 0 aliphatic heterocycles. The van der Waals surface area contributed by atoms with Crippen LogP contribution in [0.1, 0.15) is 24.6 Å². The molecule has 0 saturated carbocycles. The van der Waals surface area contributed by atoms with E-state index in [-0.39, 0.29) is 5.78 Å². The Hall–Kier alpha value is -1.28. The number of aryl methyl sites for hydroxylation is 1. The van der Waals surface area contributed by atoms with Gasteiger partial charge < -0.3 is 9.20 Å². The number of fused-ring (bicyclic) bond motifs is 1. The maximum Gasteiger partial charge on any atom is 0.130 e. The number of halogens is 1. The highest BCUT2D eigenvalue weighted by atomic mass is 35.5. The molecule has 2 rings (SSSR count). The Kier molecular flexibility index (Phi) is 3.01. The summed E-state index contributed by atoms with van der Waals surface area (Å²) in [5, 5.41) is 0.791. The van der Waals surface area contributed by atoms with Crippen LogP contribution >= 0.6 is 11.6 Å². The van der Waals surface area contributed by atoms with Gasteiger partial charge in [0.1, 0.15) is 5.78 Å². The molecule has 2 aromatic heterocycles. The van der Waals surface area contributed by atoms with Crippen molar-refractivity contribution in [2.75, 3.05) is 0 Å². The van der Waals surface area contributed by atoms with Crippen molar-refractivity contribution >= 4 is 22.9 Å². The predicted octanol–water partition coefficient (Wildman–Crippen LogP) is 3.42. The van der Waals surface area contributed by atoms with Gasteiger partial charge in [0, 0.05) is 18.3 Å². The van der Waals surface area contributed by atoms with Crippen molar-refractivity contribution in [3.05, 3.63) is 40.7 Å². The summed E-state index contributed by atoms with van der Waals surface area (Å²) in [6.07, 6.45) is 3.31. The van der Waals surface area contributed by atoms with Crippen LogP contribution in [0.2, 0.25) is 5.02 Å². The van der Waals surface area contributed by atoms with E-state index >= 15 is 0 Å². The second-order valence-corrected chi connectivity index (χ2v) is 4.42. The van der Waals surface area contributed by atoms with Crippen LogP contribution in [0.4, 0.5) is 0 Å². The third kappa shape index (κ3) is 1.85. The Morgan fingerprint density at radius 3 is 2.88 bits per heavy atom. The van der Waals surface area contributed by atoms with Gasteiger partial charge in [-0.15, -0.1) is 0 Å². The van der Waals surface area contributed by atoms with E-state index in [1.54, 1.807) is 6.92 Å². The van der Waals surface area contributed by atoms with Gasteiger partial charge in [-0.25, -0.2) is 0 Å². The summed E-state index contributed by atoms with van der Waals surface area (Å²) in [5.74, 6) is 0.210. The quantitative estimate of drug-likeness (QED) is 0.799. The summed E-state index contributed by atoms with van der Waals surface area (Å²) in [4.78, 5) is 11.0. The average molecular weight is 236 g/mol. The van der Waals surface area contributed by atoms with Gasteiger partial charge in [-0.2, -0.15) is 0 Å². The van der Waals surface area contributed by atoms with Crippen molar-refractivity contribution in [1.82, 2.24) is 4.40 Å². The van der Waals surface area contributed by atoms with Crippen molar-refractivity contribution in [2.45, 2.75) is 26.7 Å². The van der Waals surface area contributed by atoms with E-state index in [1.807, 2.05) is 31.3 Å². The molecular weight excluding hydrogens is 222 g/mol. The molecular formula is C13H14ClNO. The summed E-state index contributed by atoms with van der Waals surface area (Å²) in [6.45, 7) is 3.62. The third-order valence-electron chi connectivity index (χ3n) is 2.85. The van der Waals surface area contributed by atoms with Gasteiger partial charge >= 0.3 is 0 Å². The molecule has 0 N–H and O–H groups in total. The van der Waals surface area contributed by atoms with Crippen molar-refractivity contribution in [3.63, 3.8) is 0 Å². The fourth-order valence-electron chi connectivity index (χ4n) is 1.96. The Morgan fingerprint density at radius 2 is 2.19 bits per heavy atom. The van der Waals surface area contributed by atoms with Crippen LogP contribution in [0, 0.1) is 6.92 Å². The maximum absolute atomic E-state index is 11.0. The molecule has 84 valence electrons.